The highest BCUT2D eigenvalue weighted by molar-refractivity contribution is 6.05. The minimum atomic E-state index is -0.520. The summed E-state index contributed by atoms with van der Waals surface area (Å²) in [7, 11) is 0. The first kappa shape index (κ1) is 18.9. The van der Waals surface area contributed by atoms with Crippen LogP contribution in [-0.4, -0.2) is 28.1 Å². The van der Waals surface area contributed by atoms with Gasteiger partial charge in [-0.2, -0.15) is 5.10 Å². The second kappa shape index (κ2) is 7.51. The number of carbonyl (C=O) groups excluding carboxylic acids is 2. The summed E-state index contributed by atoms with van der Waals surface area (Å²) < 4.78 is 12.8. The lowest BCUT2D eigenvalue weighted by Crippen LogP contribution is -2.30. The number of hydrogen-bond acceptors (Lipinski definition) is 5. The molecule has 1 aromatic carbocycles. The number of benzene rings is 1. The molecule has 28 heavy (non-hydrogen) atoms. The Labute approximate surface area is 164 Å². The highest BCUT2D eigenvalue weighted by atomic mass is 16.5. The number of esters is 1. The zero-order valence-corrected chi connectivity index (χ0v) is 16.4. The fraction of sp³-hybridized carbons (Fsp3) is 0.500. The fourth-order valence-corrected chi connectivity index (χ4v) is 3.84. The highest BCUT2D eigenvalue weighted by Crippen LogP contribution is 2.39. The molecule has 0 amide bonds. The van der Waals surface area contributed by atoms with Crippen molar-refractivity contribution in [2.45, 2.75) is 58.8 Å². The molecule has 2 heterocycles. The third-order valence-electron chi connectivity index (χ3n) is 5.58. The van der Waals surface area contributed by atoms with Gasteiger partial charge in [-0.1, -0.05) is 44.2 Å². The standard InChI is InChI=1S/C22H26N2O4/c1-22(2)10-8-16-17(13-22)24(19-9-11-27-19)23-21(16)18(25)12-20(26)28-14-15-6-4-3-5-7-15/h3-7,19H,8-14H2,1-2H3. The van der Waals surface area contributed by atoms with E-state index in [-0.39, 0.29) is 30.5 Å². The Kier molecular flexibility index (Phi) is 5.06. The van der Waals surface area contributed by atoms with E-state index in [2.05, 4.69) is 18.9 Å². The van der Waals surface area contributed by atoms with Gasteiger partial charge in [-0.25, -0.2) is 4.68 Å². The van der Waals surface area contributed by atoms with Gasteiger partial charge in [-0.3, -0.25) is 9.59 Å². The highest BCUT2D eigenvalue weighted by Gasteiger charge is 2.36. The lowest BCUT2D eigenvalue weighted by Gasteiger charge is -2.33. The third-order valence-corrected chi connectivity index (χ3v) is 5.58. The van der Waals surface area contributed by atoms with Gasteiger partial charge in [-0.05, 0) is 30.2 Å². The minimum Gasteiger partial charge on any atom is -0.460 e. The van der Waals surface area contributed by atoms with Gasteiger partial charge >= 0.3 is 5.97 Å². The number of carbonyl (C=O) groups is 2. The van der Waals surface area contributed by atoms with Crippen molar-refractivity contribution in [2.75, 3.05) is 6.61 Å². The van der Waals surface area contributed by atoms with Gasteiger partial charge in [0.2, 0.25) is 0 Å². The number of fused-ring (bicyclic) bond motifs is 1. The first-order chi connectivity index (χ1) is 13.4. The van der Waals surface area contributed by atoms with Crippen LogP contribution in [0.4, 0.5) is 0 Å². The van der Waals surface area contributed by atoms with E-state index in [1.807, 2.05) is 35.0 Å². The van der Waals surface area contributed by atoms with Crippen molar-refractivity contribution in [3.8, 4) is 0 Å². The van der Waals surface area contributed by atoms with Gasteiger partial charge in [0.05, 0.1) is 6.61 Å². The maximum absolute atomic E-state index is 12.8. The maximum atomic E-state index is 12.8. The van der Waals surface area contributed by atoms with Crippen molar-refractivity contribution >= 4 is 11.8 Å². The Bertz CT molecular complexity index is 881. The molecule has 1 aliphatic heterocycles. The summed E-state index contributed by atoms with van der Waals surface area (Å²) >= 11 is 0. The third kappa shape index (κ3) is 3.87. The number of hydrogen-bond donors (Lipinski definition) is 0. The molecular formula is C22H26N2O4. The van der Waals surface area contributed by atoms with E-state index in [0.29, 0.717) is 5.69 Å². The lowest BCUT2D eigenvalue weighted by atomic mass is 9.76. The molecule has 1 aliphatic carbocycles. The molecule has 0 radical (unpaired) electrons. The Hall–Kier alpha value is -2.47. The summed E-state index contributed by atoms with van der Waals surface area (Å²) in [5, 5.41) is 4.59. The Morgan fingerprint density at radius 2 is 2.04 bits per heavy atom. The van der Waals surface area contributed by atoms with Crippen LogP contribution in [0.1, 0.15) is 66.6 Å². The van der Waals surface area contributed by atoms with E-state index in [1.165, 1.54) is 0 Å². The first-order valence-corrected chi connectivity index (χ1v) is 9.87. The summed E-state index contributed by atoms with van der Waals surface area (Å²) in [6.45, 7) is 5.36. The number of ketones is 1. The predicted octanol–water partition coefficient (Wildman–Crippen LogP) is 3.63. The average molecular weight is 382 g/mol. The average Bonchev–Trinajstić information content (AvgIpc) is 2.97. The van der Waals surface area contributed by atoms with Gasteiger partial charge in [0.1, 0.15) is 18.7 Å². The number of ether oxygens (including phenoxy) is 2. The van der Waals surface area contributed by atoms with E-state index in [0.717, 1.165) is 49.1 Å². The molecule has 1 fully saturated rings. The van der Waals surface area contributed by atoms with Crippen LogP contribution in [0.25, 0.3) is 0 Å². The van der Waals surface area contributed by atoms with Crippen molar-refractivity contribution in [1.29, 1.82) is 0 Å². The maximum Gasteiger partial charge on any atom is 0.314 e. The van der Waals surface area contributed by atoms with Crippen LogP contribution in [0.5, 0.6) is 0 Å². The van der Waals surface area contributed by atoms with Gasteiger partial charge in [0, 0.05) is 17.7 Å². The Morgan fingerprint density at radius 3 is 2.71 bits per heavy atom. The van der Waals surface area contributed by atoms with E-state index in [9.17, 15) is 9.59 Å². The molecule has 1 aromatic heterocycles. The molecule has 1 atom stereocenters. The van der Waals surface area contributed by atoms with Gasteiger partial charge < -0.3 is 9.47 Å². The van der Waals surface area contributed by atoms with Crippen LogP contribution in [0.2, 0.25) is 0 Å². The molecule has 0 spiro atoms. The molecular weight excluding hydrogens is 356 g/mol. The van der Waals surface area contributed by atoms with Crippen LogP contribution in [0.15, 0.2) is 30.3 Å². The molecule has 1 unspecified atom stereocenters. The van der Waals surface area contributed by atoms with Crippen LogP contribution in [0.3, 0.4) is 0 Å². The molecule has 6 heteroatoms. The van der Waals surface area contributed by atoms with Crippen molar-refractivity contribution in [1.82, 2.24) is 9.78 Å². The second-order valence-electron chi connectivity index (χ2n) is 8.42. The predicted molar refractivity (Wildman–Crippen MR) is 103 cm³/mol. The summed E-state index contributed by atoms with van der Waals surface area (Å²) in [4.78, 5) is 25.0. The largest absolute Gasteiger partial charge is 0.460 e. The molecule has 2 aliphatic rings. The molecule has 1 saturated heterocycles. The molecule has 2 aromatic rings. The second-order valence-corrected chi connectivity index (χ2v) is 8.42. The summed E-state index contributed by atoms with van der Waals surface area (Å²) in [5.41, 5.74) is 3.55. The zero-order valence-electron chi connectivity index (χ0n) is 16.4. The number of Topliss-reactive ketones (excluding diaryl/α,β-unsaturated/α-hetero) is 1. The molecule has 0 saturated carbocycles. The van der Waals surface area contributed by atoms with E-state index in [1.54, 1.807) is 0 Å². The Morgan fingerprint density at radius 1 is 1.29 bits per heavy atom. The smallest absolute Gasteiger partial charge is 0.314 e. The van der Waals surface area contributed by atoms with Crippen molar-refractivity contribution in [2.24, 2.45) is 5.41 Å². The Balaban J connectivity index is 1.48. The summed E-state index contributed by atoms with van der Waals surface area (Å²) in [5.74, 6) is -0.791. The topological polar surface area (TPSA) is 70.4 Å². The molecule has 0 bridgehead atoms. The van der Waals surface area contributed by atoms with Gasteiger partial charge in [-0.15, -0.1) is 0 Å². The molecule has 4 rings (SSSR count). The number of aromatic nitrogens is 2. The summed E-state index contributed by atoms with van der Waals surface area (Å²) in [6.07, 6.45) is 3.19. The first-order valence-electron chi connectivity index (χ1n) is 9.87. The van der Waals surface area contributed by atoms with E-state index >= 15 is 0 Å². The molecule has 6 nitrogen and oxygen atoms in total. The number of rotatable bonds is 6. The van der Waals surface area contributed by atoms with Gasteiger partial charge in [0.15, 0.2) is 12.0 Å². The quantitative estimate of drug-likeness (QED) is 0.433. The van der Waals surface area contributed by atoms with Crippen LogP contribution in [0, 0.1) is 5.41 Å². The van der Waals surface area contributed by atoms with Crippen LogP contribution in [-0.2, 0) is 33.7 Å². The fourth-order valence-electron chi connectivity index (χ4n) is 3.84. The van der Waals surface area contributed by atoms with Crippen LogP contribution < -0.4 is 0 Å². The molecule has 148 valence electrons. The van der Waals surface area contributed by atoms with Crippen molar-refractivity contribution in [3.05, 3.63) is 52.8 Å². The zero-order chi connectivity index (χ0) is 19.7. The SMILES string of the molecule is CC1(C)CCc2c(C(=O)CC(=O)OCc3ccccc3)nn(C3CCO3)c2C1. The van der Waals surface area contributed by atoms with Crippen LogP contribution >= 0.6 is 0 Å². The lowest BCUT2D eigenvalue weighted by molar-refractivity contribution is -0.143. The van der Waals surface area contributed by atoms with E-state index in [4.69, 9.17) is 9.47 Å². The van der Waals surface area contributed by atoms with Crippen molar-refractivity contribution < 1.29 is 19.1 Å². The van der Waals surface area contributed by atoms with E-state index < -0.39 is 5.97 Å². The van der Waals surface area contributed by atoms with Gasteiger partial charge in [0.25, 0.3) is 0 Å². The van der Waals surface area contributed by atoms with Crippen molar-refractivity contribution in [3.63, 3.8) is 0 Å². The monoisotopic (exact) mass is 382 g/mol. The number of nitrogens with zero attached hydrogens (tertiary/aromatic N) is 2. The molecule has 0 N–H and O–H groups in total. The minimum absolute atomic E-state index is 0.0887. The summed E-state index contributed by atoms with van der Waals surface area (Å²) in [6, 6.07) is 9.44. The normalized spacial score (nSPS) is 20.1.